The van der Waals surface area contributed by atoms with Crippen molar-refractivity contribution in [3.05, 3.63) is 57.8 Å². The van der Waals surface area contributed by atoms with E-state index in [0.717, 1.165) is 35.0 Å². The van der Waals surface area contributed by atoms with E-state index in [1.807, 2.05) is 35.7 Å². The first-order valence-corrected chi connectivity index (χ1v) is 9.41. The number of hydrogen-bond donors (Lipinski definition) is 0. The summed E-state index contributed by atoms with van der Waals surface area (Å²) in [4.78, 5) is 20.5. The third-order valence-electron chi connectivity index (χ3n) is 4.41. The molecule has 1 aromatic carbocycles. The van der Waals surface area contributed by atoms with Gasteiger partial charge in [0.25, 0.3) is 5.56 Å². The Morgan fingerprint density at radius 1 is 1.20 bits per heavy atom. The Morgan fingerprint density at radius 3 is 2.64 bits per heavy atom. The summed E-state index contributed by atoms with van der Waals surface area (Å²) in [5.74, 6) is 0. The molecule has 6 heteroatoms. The van der Waals surface area contributed by atoms with Crippen molar-refractivity contribution in [3.8, 4) is 11.3 Å². The van der Waals surface area contributed by atoms with Crippen molar-refractivity contribution in [2.24, 2.45) is 0 Å². The smallest absolute Gasteiger partial charge is 0.259 e. The molecule has 4 rings (SSSR count). The number of ether oxygens (including phenoxy) is 1. The Hall–Kier alpha value is -2.02. The van der Waals surface area contributed by atoms with Crippen molar-refractivity contribution in [2.45, 2.75) is 32.6 Å². The Kier molecular flexibility index (Phi) is 4.41. The SMILES string of the molecule is C[C@H]1CN(Cc2cc(=O)n3c(-c4ccccc4)csc3n2)C[C@H](C)O1. The van der Waals surface area contributed by atoms with Gasteiger partial charge >= 0.3 is 0 Å². The van der Waals surface area contributed by atoms with Gasteiger partial charge in [-0.15, -0.1) is 11.3 Å². The Labute approximate surface area is 150 Å². The highest BCUT2D eigenvalue weighted by atomic mass is 32.1. The zero-order valence-corrected chi connectivity index (χ0v) is 15.2. The molecule has 1 aliphatic rings. The molecule has 1 aliphatic heterocycles. The van der Waals surface area contributed by atoms with Gasteiger partial charge in [0.1, 0.15) is 0 Å². The second-order valence-electron chi connectivity index (χ2n) is 6.64. The number of nitrogens with zero attached hydrogens (tertiary/aromatic N) is 3. The van der Waals surface area contributed by atoms with Gasteiger partial charge in [-0.05, 0) is 19.4 Å². The van der Waals surface area contributed by atoms with Crippen LogP contribution in [0.1, 0.15) is 19.5 Å². The normalized spacial score (nSPS) is 21.7. The minimum Gasteiger partial charge on any atom is -0.373 e. The lowest BCUT2D eigenvalue weighted by Gasteiger charge is -2.34. The Morgan fingerprint density at radius 2 is 1.92 bits per heavy atom. The van der Waals surface area contributed by atoms with Crippen LogP contribution in [0.25, 0.3) is 16.2 Å². The molecule has 5 nitrogen and oxygen atoms in total. The number of aromatic nitrogens is 2. The molecule has 25 heavy (non-hydrogen) atoms. The minimum absolute atomic E-state index is 0.0190. The highest BCUT2D eigenvalue weighted by molar-refractivity contribution is 7.15. The van der Waals surface area contributed by atoms with E-state index in [4.69, 9.17) is 9.72 Å². The molecule has 0 bridgehead atoms. The lowest BCUT2D eigenvalue weighted by Crippen LogP contribution is -2.45. The van der Waals surface area contributed by atoms with Crippen LogP contribution in [0.15, 0.2) is 46.6 Å². The predicted octanol–water partition coefficient (Wildman–Crippen LogP) is 3.03. The summed E-state index contributed by atoms with van der Waals surface area (Å²) in [7, 11) is 0. The van der Waals surface area contributed by atoms with Crippen molar-refractivity contribution in [1.82, 2.24) is 14.3 Å². The molecule has 0 saturated carbocycles. The van der Waals surface area contributed by atoms with Gasteiger partial charge in [0.05, 0.1) is 23.6 Å². The van der Waals surface area contributed by atoms with Gasteiger partial charge in [0.2, 0.25) is 0 Å². The molecular weight excluding hydrogens is 334 g/mol. The largest absolute Gasteiger partial charge is 0.373 e. The quantitative estimate of drug-likeness (QED) is 0.724. The van der Waals surface area contributed by atoms with Crippen molar-refractivity contribution in [1.29, 1.82) is 0 Å². The Balaban J connectivity index is 1.66. The molecule has 3 heterocycles. The molecule has 2 atom stereocenters. The minimum atomic E-state index is -0.0190. The lowest BCUT2D eigenvalue weighted by molar-refractivity contribution is -0.0707. The van der Waals surface area contributed by atoms with Crippen LogP contribution >= 0.6 is 11.3 Å². The zero-order valence-electron chi connectivity index (χ0n) is 14.4. The molecule has 130 valence electrons. The first-order valence-electron chi connectivity index (χ1n) is 8.53. The van der Waals surface area contributed by atoms with Crippen LogP contribution in [0.3, 0.4) is 0 Å². The summed E-state index contributed by atoms with van der Waals surface area (Å²) in [6.45, 7) is 6.58. The number of benzene rings is 1. The van der Waals surface area contributed by atoms with E-state index in [1.54, 1.807) is 10.5 Å². The van der Waals surface area contributed by atoms with Gasteiger partial charge in [-0.2, -0.15) is 0 Å². The molecule has 0 amide bonds. The van der Waals surface area contributed by atoms with Gasteiger partial charge in [-0.1, -0.05) is 30.3 Å². The van der Waals surface area contributed by atoms with Crippen molar-refractivity contribution < 1.29 is 4.74 Å². The van der Waals surface area contributed by atoms with Crippen LogP contribution in [0.4, 0.5) is 0 Å². The van der Waals surface area contributed by atoms with Crippen LogP contribution < -0.4 is 5.56 Å². The summed E-state index contributed by atoms with van der Waals surface area (Å²) in [5.41, 5.74) is 2.74. The van der Waals surface area contributed by atoms with Crippen LogP contribution in [-0.2, 0) is 11.3 Å². The average molecular weight is 355 g/mol. The summed E-state index contributed by atoms with van der Waals surface area (Å²) in [6.07, 6.45) is 0.417. The van der Waals surface area contributed by atoms with E-state index < -0.39 is 0 Å². The van der Waals surface area contributed by atoms with Crippen LogP contribution in [0.5, 0.6) is 0 Å². The van der Waals surface area contributed by atoms with Gasteiger partial charge in [0, 0.05) is 31.1 Å². The molecule has 0 radical (unpaired) electrons. The number of rotatable bonds is 3. The van der Waals surface area contributed by atoms with Gasteiger partial charge in [-0.3, -0.25) is 14.1 Å². The maximum absolute atomic E-state index is 12.7. The third kappa shape index (κ3) is 3.38. The van der Waals surface area contributed by atoms with Crippen LogP contribution in [0, 0.1) is 0 Å². The molecule has 0 N–H and O–H groups in total. The molecule has 1 saturated heterocycles. The van der Waals surface area contributed by atoms with Crippen LogP contribution in [-0.4, -0.2) is 39.6 Å². The van der Waals surface area contributed by atoms with Gasteiger partial charge in [0.15, 0.2) is 4.96 Å². The molecular formula is C19H21N3O2S. The molecule has 2 aromatic heterocycles. The van der Waals surface area contributed by atoms with E-state index in [1.165, 1.54) is 11.3 Å². The van der Waals surface area contributed by atoms with E-state index in [-0.39, 0.29) is 17.8 Å². The molecule has 0 aliphatic carbocycles. The fraction of sp³-hybridized carbons (Fsp3) is 0.368. The first-order chi connectivity index (χ1) is 12.1. The van der Waals surface area contributed by atoms with E-state index >= 15 is 0 Å². The van der Waals surface area contributed by atoms with E-state index in [2.05, 4.69) is 18.7 Å². The monoisotopic (exact) mass is 355 g/mol. The zero-order chi connectivity index (χ0) is 17.4. The highest BCUT2D eigenvalue weighted by Gasteiger charge is 2.23. The highest BCUT2D eigenvalue weighted by Crippen LogP contribution is 2.24. The van der Waals surface area contributed by atoms with Crippen molar-refractivity contribution >= 4 is 16.3 Å². The molecule has 1 fully saturated rings. The lowest BCUT2D eigenvalue weighted by atomic mass is 10.2. The number of morpholine rings is 1. The predicted molar refractivity (Wildman–Crippen MR) is 100 cm³/mol. The fourth-order valence-electron chi connectivity index (χ4n) is 3.50. The summed E-state index contributed by atoms with van der Waals surface area (Å²) in [6, 6.07) is 11.6. The van der Waals surface area contributed by atoms with Gasteiger partial charge in [-0.25, -0.2) is 4.98 Å². The van der Waals surface area contributed by atoms with Crippen LogP contribution in [0.2, 0.25) is 0 Å². The molecule has 0 unspecified atom stereocenters. The standard InChI is InChI=1S/C19H21N3O2S/c1-13-9-21(10-14(2)24-13)11-16-8-18(23)22-17(12-25-19(22)20-16)15-6-4-3-5-7-15/h3-8,12-14H,9-11H2,1-2H3/t13-,14-/m0/s1. The number of fused-ring (bicyclic) bond motifs is 1. The maximum atomic E-state index is 12.7. The average Bonchev–Trinajstić information content (AvgIpc) is 2.99. The summed E-state index contributed by atoms with van der Waals surface area (Å²) >= 11 is 1.51. The summed E-state index contributed by atoms with van der Waals surface area (Å²) < 4.78 is 7.48. The third-order valence-corrected chi connectivity index (χ3v) is 5.23. The van der Waals surface area contributed by atoms with Gasteiger partial charge < -0.3 is 4.74 Å². The Bertz CT molecular complexity index is 925. The number of thiazole rings is 1. The topological polar surface area (TPSA) is 46.8 Å². The second-order valence-corrected chi connectivity index (χ2v) is 7.48. The van der Waals surface area contributed by atoms with Crippen molar-refractivity contribution in [3.63, 3.8) is 0 Å². The first kappa shape index (κ1) is 16.4. The maximum Gasteiger partial charge on any atom is 0.259 e. The number of hydrogen-bond acceptors (Lipinski definition) is 5. The molecule has 0 spiro atoms. The second kappa shape index (κ2) is 6.71. The van der Waals surface area contributed by atoms with E-state index in [9.17, 15) is 4.79 Å². The van der Waals surface area contributed by atoms with Crippen molar-refractivity contribution in [2.75, 3.05) is 13.1 Å². The summed E-state index contributed by atoms with van der Waals surface area (Å²) in [5, 5.41) is 2.00. The molecule has 3 aromatic rings. The van der Waals surface area contributed by atoms with E-state index in [0.29, 0.717) is 6.54 Å². The fourth-order valence-corrected chi connectivity index (χ4v) is 4.42.